The first-order valence-electron chi connectivity index (χ1n) is 10.1. The molecule has 3 heterocycles. The Balaban J connectivity index is 1.38. The lowest BCUT2D eigenvalue weighted by atomic mass is 9.89. The van der Waals surface area contributed by atoms with Gasteiger partial charge in [-0.05, 0) is 24.3 Å². The van der Waals surface area contributed by atoms with Gasteiger partial charge in [-0.3, -0.25) is 10.1 Å². The highest BCUT2D eigenvalue weighted by Gasteiger charge is 2.50. The van der Waals surface area contributed by atoms with E-state index < -0.39 is 23.3 Å². The van der Waals surface area contributed by atoms with E-state index >= 15 is 0 Å². The van der Waals surface area contributed by atoms with Gasteiger partial charge in [0.15, 0.2) is 11.4 Å². The summed E-state index contributed by atoms with van der Waals surface area (Å²) in [5.41, 5.74) is 6.01. The Bertz CT molecular complexity index is 1300. The fraction of sp³-hybridized carbons (Fsp3) is 0.227. The maximum atomic E-state index is 14.9. The molecule has 33 heavy (non-hydrogen) atoms. The average molecular weight is 474 g/mol. The van der Waals surface area contributed by atoms with E-state index in [1.807, 2.05) is 0 Å². The Morgan fingerprint density at radius 1 is 1.27 bits per heavy atom. The van der Waals surface area contributed by atoms with Crippen LogP contribution in [0.5, 0.6) is 0 Å². The third kappa shape index (κ3) is 3.66. The maximum absolute atomic E-state index is 14.9. The summed E-state index contributed by atoms with van der Waals surface area (Å²) in [6.07, 6.45) is -0.519. The van der Waals surface area contributed by atoms with Gasteiger partial charge >= 0.3 is 6.09 Å². The molecule has 1 fully saturated rings. The summed E-state index contributed by atoms with van der Waals surface area (Å²) in [6, 6.07) is 10.3. The van der Waals surface area contributed by atoms with Gasteiger partial charge in [0.2, 0.25) is 5.91 Å². The van der Waals surface area contributed by atoms with Crippen LogP contribution in [0.3, 0.4) is 0 Å². The predicted octanol–water partition coefficient (Wildman–Crippen LogP) is 3.75. The number of nitrogens with one attached hydrogen (secondary N) is 1. The Hall–Kier alpha value is -3.66. The number of hydrogen-bond donors (Lipinski definition) is 2. The number of ether oxygens (including phenoxy) is 1. The molecule has 1 saturated heterocycles. The van der Waals surface area contributed by atoms with E-state index in [0.717, 1.165) is 0 Å². The minimum atomic E-state index is -1.34. The summed E-state index contributed by atoms with van der Waals surface area (Å²) in [5.74, 6) is -1.22. The predicted molar refractivity (Wildman–Crippen MR) is 116 cm³/mol. The molecule has 5 rings (SSSR count). The van der Waals surface area contributed by atoms with Crippen LogP contribution in [0.1, 0.15) is 12.0 Å². The lowest BCUT2D eigenvalue weighted by Crippen LogP contribution is -2.44. The SMILES string of the molecule is Nc1cc(-c2cccc(F)c2)nn1CC(=O)N1CC[C@@]2(C1)OC(=O)Nc1ccc(Cl)c(F)c12. The Labute approximate surface area is 191 Å². The number of benzene rings is 2. The molecule has 0 saturated carbocycles. The first-order chi connectivity index (χ1) is 15.8. The molecule has 0 aliphatic carbocycles. The largest absolute Gasteiger partial charge is 0.436 e. The molecule has 2 aliphatic rings. The fourth-order valence-electron chi connectivity index (χ4n) is 4.32. The van der Waals surface area contributed by atoms with E-state index in [1.165, 1.54) is 33.8 Å². The Kier molecular flexibility index (Phi) is 4.97. The molecular weight excluding hydrogens is 456 g/mol. The second kappa shape index (κ2) is 7.73. The van der Waals surface area contributed by atoms with Crippen LogP contribution in [0.15, 0.2) is 42.5 Å². The van der Waals surface area contributed by atoms with Gasteiger partial charge < -0.3 is 15.4 Å². The third-order valence-corrected chi connectivity index (χ3v) is 6.17. The van der Waals surface area contributed by atoms with Crippen LogP contribution in [0.25, 0.3) is 11.3 Å². The Morgan fingerprint density at radius 3 is 2.88 bits per heavy atom. The van der Waals surface area contributed by atoms with Gasteiger partial charge in [-0.25, -0.2) is 18.3 Å². The summed E-state index contributed by atoms with van der Waals surface area (Å²) < 4.78 is 35.2. The van der Waals surface area contributed by atoms with Crippen LogP contribution in [-0.2, 0) is 21.7 Å². The number of hydrogen-bond acceptors (Lipinski definition) is 5. The number of nitrogens with two attached hydrogens (primary N) is 1. The van der Waals surface area contributed by atoms with E-state index in [1.54, 1.807) is 18.2 Å². The van der Waals surface area contributed by atoms with Crippen LogP contribution in [0.2, 0.25) is 5.02 Å². The number of likely N-dealkylation sites (tertiary alicyclic amines) is 1. The van der Waals surface area contributed by atoms with Crippen molar-refractivity contribution < 1.29 is 23.1 Å². The molecule has 1 aromatic heterocycles. The standard InChI is InChI=1S/C22H18ClF2N5O3/c23-14-4-5-15-19(20(14)25)22(33-21(32)27-15)6-7-29(11-22)18(31)10-30-17(26)9-16(28-30)12-2-1-3-13(24)8-12/h1-5,8-9H,6-7,10-11,26H2,(H,27,32)/t22-/m0/s1. The zero-order chi connectivity index (χ0) is 23.3. The summed E-state index contributed by atoms with van der Waals surface area (Å²) in [5, 5.41) is 6.68. The molecule has 0 radical (unpaired) electrons. The van der Waals surface area contributed by atoms with Gasteiger partial charge in [0, 0.05) is 24.6 Å². The summed E-state index contributed by atoms with van der Waals surface area (Å²) in [4.78, 5) is 26.6. The second-order valence-electron chi connectivity index (χ2n) is 7.98. The molecule has 8 nitrogen and oxygen atoms in total. The molecule has 1 spiro atoms. The first-order valence-corrected chi connectivity index (χ1v) is 10.5. The van der Waals surface area contributed by atoms with Crippen LogP contribution in [0.4, 0.5) is 25.1 Å². The minimum absolute atomic E-state index is 0.0402. The van der Waals surface area contributed by atoms with Gasteiger partial charge in [-0.2, -0.15) is 5.10 Å². The highest BCUT2D eigenvalue weighted by atomic mass is 35.5. The number of carbonyl (C=O) groups excluding carboxylic acids is 2. The van der Waals surface area contributed by atoms with Gasteiger partial charge in [-0.15, -0.1) is 0 Å². The van der Waals surface area contributed by atoms with Crippen molar-refractivity contribution in [1.29, 1.82) is 0 Å². The second-order valence-corrected chi connectivity index (χ2v) is 8.39. The van der Waals surface area contributed by atoms with Crippen molar-refractivity contribution in [2.24, 2.45) is 0 Å². The van der Waals surface area contributed by atoms with Gasteiger partial charge in [-0.1, -0.05) is 23.7 Å². The number of amides is 2. The van der Waals surface area contributed by atoms with E-state index in [4.69, 9.17) is 22.1 Å². The number of nitrogen functional groups attached to an aromatic ring is 1. The summed E-state index contributed by atoms with van der Waals surface area (Å²) in [6.45, 7) is 0.00515. The summed E-state index contributed by atoms with van der Waals surface area (Å²) in [7, 11) is 0. The van der Waals surface area contributed by atoms with E-state index in [-0.39, 0.29) is 54.1 Å². The molecule has 170 valence electrons. The van der Waals surface area contributed by atoms with Crippen molar-refractivity contribution in [3.05, 3.63) is 64.7 Å². The van der Waals surface area contributed by atoms with E-state index in [9.17, 15) is 18.4 Å². The minimum Gasteiger partial charge on any atom is -0.436 e. The lowest BCUT2D eigenvalue weighted by Gasteiger charge is -2.35. The fourth-order valence-corrected chi connectivity index (χ4v) is 4.48. The quantitative estimate of drug-likeness (QED) is 0.603. The summed E-state index contributed by atoms with van der Waals surface area (Å²) >= 11 is 5.96. The van der Waals surface area contributed by atoms with Crippen LogP contribution < -0.4 is 11.1 Å². The molecule has 0 bridgehead atoms. The third-order valence-electron chi connectivity index (χ3n) is 5.88. The molecule has 3 aromatic rings. The molecular formula is C22H18ClF2N5O3. The molecule has 0 unspecified atom stereocenters. The molecule has 11 heteroatoms. The molecule has 2 aromatic carbocycles. The van der Waals surface area contributed by atoms with Crippen molar-refractivity contribution >= 4 is 35.1 Å². The lowest BCUT2D eigenvalue weighted by molar-refractivity contribution is -0.132. The van der Waals surface area contributed by atoms with Crippen molar-refractivity contribution in [3.63, 3.8) is 0 Å². The number of rotatable bonds is 3. The number of halogens is 3. The van der Waals surface area contributed by atoms with Crippen molar-refractivity contribution in [2.75, 3.05) is 24.1 Å². The molecule has 2 amide bonds. The van der Waals surface area contributed by atoms with Crippen molar-refractivity contribution in [2.45, 2.75) is 18.6 Å². The average Bonchev–Trinajstić information content (AvgIpc) is 3.35. The zero-order valence-electron chi connectivity index (χ0n) is 17.1. The van der Waals surface area contributed by atoms with Crippen molar-refractivity contribution in [3.8, 4) is 11.3 Å². The van der Waals surface area contributed by atoms with Crippen LogP contribution in [-0.4, -0.2) is 39.8 Å². The first kappa shape index (κ1) is 21.2. The monoisotopic (exact) mass is 473 g/mol. The molecule has 3 N–H and O–H groups in total. The topological polar surface area (TPSA) is 102 Å². The number of aromatic nitrogens is 2. The number of nitrogens with zero attached hydrogens (tertiary/aromatic N) is 3. The number of anilines is 2. The van der Waals surface area contributed by atoms with Gasteiger partial charge in [0.1, 0.15) is 18.2 Å². The normalized spacial score (nSPS) is 19.4. The molecule has 2 aliphatic heterocycles. The maximum Gasteiger partial charge on any atom is 0.412 e. The van der Waals surface area contributed by atoms with E-state index in [0.29, 0.717) is 11.3 Å². The zero-order valence-corrected chi connectivity index (χ0v) is 17.9. The van der Waals surface area contributed by atoms with Crippen LogP contribution >= 0.6 is 11.6 Å². The van der Waals surface area contributed by atoms with E-state index in [2.05, 4.69) is 10.4 Å². The number of carbonyl (C=O) groups is 2. The highest BCUT2D eigenvalue weighted by molar-refractivity contribution is 6.31. The van der Waals surface area contributed by atoms with Gasteiger partial charge in [0.05, 0.1) is 28.5 Å². The highest BCUT2D eigenvalue weighted by Crippen LogP contribution is 2.45. The smallest absolute Gasteiger partial charge is 0.412 e. The molecule has 1 atom stereocenters. The Morgan fingerprint density at radius 2 is 2.09 bits per heavy atom. The van der Waals surface area contributed by atoms with Crippen LogP contribution in [0, 0.1) is 11.6 Å². The number of fused-ring (bicyclic) bond motifs is 2. The van der Waals surface area contributed by atoms with Gasteiger partial charge in [0.25, 0.3) is 0 Å². The van der Waals surface area contributed by atoms with Crippen molar-refractivity contribution in [1.82, 2.24) is 14.7 Å².